The third-order valence-corrected chi connectivity index (χ3v) is 2.91. The highest BCUT2D eigenvalue weighted by Gasteiger charge is 2.32. The molecule has 0 aromatic rings. The van der Waals surface area contributed by atoms with E-state index in [1.165, 1.54) is 0 Å². The summed E-state index contributed by atoms with van der Waals surface area (Å²) in [5.41, 5.74) is -0.957. The molecule has 0 saturated carbocycles. The summed E-state index contributed by atoms with van der Waals surface area (Å²) in [6.45, 7) is 3.25. The van der Waals surface area contributed by atoms with Gasteiger partial charge < -0.3 is 26.2 Å². The van der Waals surface area contributed by atoms with Gasteiger partial charge in [0.25, 0.3) is 5.91 Å². The van der Waals surface area contributed by atoms with Crippen molar-refractivity contribution in [2.75, 3.05) is 26.2 Å². The molecule has 0 aliphatic heterocycles. The molecule has 0 aliphatic carbocycles. The number of nitrogens with one attached hydrogen (secondary N) is 3. The lowest BCUT2D eigenvalue weighted by Gasteiger charge is -2.27. The van der Waals surface area contributed by atoms with Crippen molar-refractivity contribution in [2.24, 2.45) is 5.41 Å². The van der Waals surface area contributed by atoms with E-state index in [0.717, 1.165) is 0 Å². The van der Waals surface area contributed by atoms with Crippen LogP contribution in [0.2, 0.25) is 0 Å². The van der Waals surface area contributed by atoms with Crippen molar-refractivity contribution in [1.82, 2.24) is 16.0 Å². The van der Waals surface area contributed by atoms with Gasteiger partial charge in [0.1, 0.15) is 6.10 Å². The highest BCUT2D eigenvalue weighted by atomic mass is 16.3. The molecule has 1 atom stereocenters. The minimum atomic E-state index is -1.36. The molecule has 0 rings (SSSR count). The van der Waals surface area contributed by atoms with Crippen molar-refractivity contribution >= 4 is 17.7 Å². The lowest BCUT2D eigenvalue weighted by molar-refractivity contribution is -0.137. The molecule has 0 aromatic carbocycles. The van der Waals surface area contributed by atoms with E-state index in [9.17, 15) is 19.5 Å². The molecule has 3 amide bonds. The fraction of sp³-hybridized carbons (Fsp3) is 0.643. The molecular weight excluding hydrogens is 290 g/mol. The van der Waals surface area contributed by atoms with Gasteiger partial charge in [-0.3, -0.25) is 14.4 Å². The third-order valence-electron chi connectivity index (χ3n) is 2.91. The Morgan fingerprint density at radius 2 is 1.73 bits per heavy atom. The van der Waals surface area contributed by atoms with Gasteiger partial charge in [-0.05, 0) is 5.92 Å². The normalized spacial score (nSPS) is 12.0. The Morgan fingerprint density at radius 3 is 2.27 bits per heavy atom. The molecule has 0 radical (unpaired) electrons. The van der Waals surface area contributed by atoms with E-state index in [1.54, 1.807) is 13.8 Å². The van der Waals surface area contributed by atoms with Crippen LogP contribution in [0.4, 0.5) is 0 Å². The number of aliphatic hydroxyl groups excluding tert-OH is 2. The highest BCUT2D eigenvalue weighted by molar-refractivity contribution is 5.92. The van der Waals surface area contributed by atoms with E-state index >= 15 is 0 Å². The Kier molecular flexibility index (Phi) is 8.82. The van der Waals surface area contributed by atoms with Crippen LogP contribution in [0.25, 0.3) is 0 Å². The number of aliphatic hydroxyl groups is 2. The number of hydrogen-bond acceptors (Lipinski definition) is 5. The van der Waals surface area contributed by atoms with Crippen LogP contribution in [0.1, 0.15) is 20.3 Å². The van der Waals surface area contributed by atoms with Gasteiger partial charge in [-0.2, -0.15) is 0 Å². The quantitative estimate of drug-likeness (QED) is 0.242. The maximum atomic E-state index is 11.6. The first kappa shape index (κ1) is 19.9. The standard InChI is InChI=1S/C14H23N3O5/c1-4-10(19)15-7-8-16-11(20)5-6-17-13(22)12(21)14(2,3)9-18/h1,12,18,21H,5-9H2,2-3H3,(H,15,19)(H,16,20)(H,17,22)/t12-/m0/s1. The maximum Gasteiger partial charge on any atom is 0.295 e. The average Bonchev–Trinajstić information content (AvgIpc) is 2.50. The lowest BCUT2D eigenvalue weighted by Crippen LogP contribution is -2.46. The third kappa shape index (κ3) is 7.61. The van der Waals surface area contributed by atoms with Crippen molar-refractivity contribution in [3.63, 3.8) is 0 Å². The number of carbonyl (C=O) groups excluding carboxylic acids is 3. The predicted octanol–water partition coefficient (Wildman–Crippen LogP) is -2.26. The Bertz CT molecular complexity index is 442. The van der Waals surface area contributed by atoms with Crippen molar-refractivity contribution in [3.8, 4) is 12.3 Å². The Morgan fingerprint density at radius 1 is 1.14 bits per heavy atom. The van der Waals surface area contributed by atoms with Crippen LogP contribution in [0.5, 0.6) is 0 Å². The van der Waals surface area contributed by atoms with Crippen LogP contribution in [0, 0.1) is 17.8 Å². The zero-order chi connectivity index (χ0) is 17.2. The summed E-state index contributed by atoms with van der Waals surface area (Å²) in [5.74, 6) is 0.363. The Balaban J connectivity index is 3.87. The van der Waals surface area contributed by atoms with Gasteiger partial charge in [-0.1, -0.05) is 13.8 Å². The first-order valence-corrected chi connectivity index (χ1v) is 6.82. The van der Waals surface area contributed by atoms with Crippen LogP contribution in [0.15, 0.2) is 0 Å². The van der Waals surface area contributed by atoms with Crippen molar-refractivity contribution < 1.29 is 24.6 Å². The van der Waals surface area contributed by atoms with E-state index in [-0.39, 0.29) is 38.6 Å². The predicted molar refractivity (Wildman–Crippen MR) is 79.4 cm³/mol. The summed E-state index contributed by atoms with van der Waals surface area (Å²) in [5, 5.41) is 26.1. The minimum absolute atomic E-state index is 0.0289. The van der Waals surface area contributed by atoms with Crippen molar-refractivity contribution in [3.05, 3.63) is 0 Å². The molecule has 0 bridgehead atoms. The number of hydrogen-bond donors (Lipinski definition) is 5. The fourth-order valence-electron chi connectivity index (χ4n) is 1.35. The molecule has 0 heterocycles. The summed E-state index contributed by atoms with van der Waals surface area (Å²) in [4.78, 5) is 33.8. The van der Waals surface area contributed by atoms with Gasteiger partial charge in [0.15, 0.2) is 0 Å². The minimum Gasteiger partial charge on any atom is -0.396 e. The zero-order valence-corrected chi connectivity index (χ0v) is 12.8. The monoisotopic (exact) mass is 313 g/mol. The van der Waals surface area contributed by atoms with Crippen LogP contribution in [-0.2, 0) is 14.4 Å². The number of rotatable bonds is 9. The molecule has 22 heavy (non-hydrogen) atoms. The van der Waals surface area contributed by atoms with Gasteiger partial charge in [-0.25, -0.2) is 0 Å². The second kappa shape index (κ2) is 9.76. The smallest absolute Gasteiger partial charge is 0.295 e. The molecule has 0 saturated heterocycles. The zero-order valence-electron chi connectivity index (χ0n) is 12.8. The van der Waals surface area contributed by atoms with Gasteiger partial charge >= 0.3 is 0 Å². The molecule has 0 spiro atoms. The molecule has 124 valence electrons. The van der Waals surface area contributed by atoms with Crippen molar-refractivity contribution in [2.45, 2.75) is 26.4 Å². The van der Waals surface area contributed by atoms with E-state index in [1.807, 2.05) is 5.92 Å². The average molecular weight is 313 g/mol. The van der Waals surface area contributed by atoms with Gasteiger partial charge in [-0.15, -0.1) is 6.42 Å². The highest BCUT2D eigenvalue weighted by Crippen LogP contribution is 2.19. The summed E-state index contributed by atoms with van der Waals surface area (Å²) < 4.78 is 0. The molecular formula is C14H23N3O5. The Labute approximate surface area is 129 Å². The molecule has 0 aliphatic rings. The second-order valence-electron chi connectivity index (χ2n) is 5.34. The molecule has 8 nitrogen and oxygen atoms in total. The molecule has 0 unspecified atom stereocenters. The molecule has 0 fully saturated rings. The van der Waals surface area contributed by atoms with Gasteiger partial charge in [0.05, 0.1) is 6.61 Å². The van der Waals surface area contributed by atoms with E-state index in [0.29, 0.717) is 0 Å². The SMILES string of the molecule is C#CC(=O)NCCNC(=O)CCNC(=O)[C@H](O)C(C)(C)CO. The number of terminal acetylenes is 1. The fourth-order valence-corrected chi connectivity index (χ4v) is 1.35. The van der Waals surface area contributed by atoms with Crippen LogP contribution >= 0.6 is 0 Å². The summed E-state index contributed by atoms with van der Waals surface area (Å²) in [6.07, 6.45) is 3.51. The first-order chi connectivity index (χ1) is 10.2. The number of amides is 3. The van der Waals surface area contributed by atoms with Crippen LogP contribution < -0.4 is 16.0 Å². The van der Waals surface area contributed by atoms with Crippen LogP contribution in [0.3, 0.4) is 0 Å². The summed E-state index contributed by atoms with van der Waals surface area (Å²) in [7, 11) is 0. The van der Waals surface area contributed by atoms with E-state index in [2.05, 4.69) is 16.0 Å². The van der Waals surface area contributed by atoms with Crippen molar-refractivity contribution in [1.29, 1.82) is 0 Å². The topological polar surface area (TPSA) is 128 Å². The summed E-state index contributed by atoms with van der Waals surface area (Å²) >= 11 is 0. The molecule has 8 heteroatoms. The molecule has 5 N–H and O–H groups in total. The van der Waals surface area contributed by atoms with Gasteiger partial charge in [0, 0.05) is 31.5 Å². The van der Waals surface area contributed by atoms with E-state index in [4.69, 9.17) is 11.5 Å². The second-order valence-corrected chi connectivity index (χ2v) is 5.34. The number of carbonyl (C=O) groups is 3. The Hall–Kier alpha value is -2.11. The van der Waals surface area contributed by atoms with Gasteiger partial charge in [0.2, 0.25) is 11.8 Å². The van der Waals surface area contributed by atoms with Crippen LogP contribution in [-0.4, -0.2) is 60.3 Å². The first-order valence-electron chi connectivity index (χ1n) is 6.82. The molecule has 0 aromatic heterocycles. The lowest BCUT2D eigenvalue weighted by atomic mass is 9.87. The summed E-state index contributed by atoms with van der Waals surface area (Å²) in [6, 6.07) is 0. The maximum absolute atomic E-state index is 11.6. The van der Waals surface area contributed by atoms with E-state index < -0.39 is 23.3 Å². The largest absolute Gasteiger partial charge is 0.396 e.